The maximum atomic E-state index is 5.38. The molecule has 3 nitrogen and oxygen atoms in total. The largest absolute Gasteiger partial charge is 0.496 e. The topological polar surface area (TPSA) is 24.5 Å². The Labute approximate surface area is 116 Å². The maximum absolute atomic E-state index is 5.38. The maximum Gasteiger partial charge on any atom is 0.122 e. The molecular formula is C16H26N2O. The highest BCUT2D eigenvalue weighted by molar-refractivity contribution is 5.43. The summed E-state index contributed by atoms with van der Waals surface area (Å²) in [6.07, 6.45) is 1.12. The third-order valence-electron chi connectivity index (χ3n) is 4.36. The van der Waals surface area contributed by atoms with Gasteiger partial charge in [0.25, 0.3) is 0 Å². The molecule has 1 aromatic carbocycles. The summed E-state index contributed by atoms with van der Waals surface area (Å²) in [6, 6.07) is 4.93. The van der Waals surface area contributed by atoms with Crippen molar-refractivity contribution in [3.8, 4) is 5.75 Å². The molecule has 0 radical (unpaired) electrons. The van der Waals surface area contributed by atoms with Crippen LogP contribution in [0.5, 0.6) is 5.75 Å². The van der Waals surface area contributed by atoms with E-state index < -0.39 is 0 Å². The van der Waals surface area contributed by atoms with Crippen molar-refractivity contribution in [1.29, 1.82) is 0 Å². The molecule has 0 saturated carbocycles. The molecule has 2 rings (SSSR count). The highest BCUT2D eigenvalue weighted by Gasteiger charge is 2.18. The average molecular weight is 262 g/mol. The minimum Gasteiger partial charge on any atom is -0.496 e. The van der Waals surface area contributed by atoms with Gasteiger partial charge in [-0.05, 0) is 49.9 Å². The number of ether oxygens (including phenoxy) is 1. The van der Waals surface area contributed by atoms with Crippen LogP contribution in [0.3, 0.4) is 0 Å². The van der Waals surface area contributed by atoms with Gasteiger partial charge in [-0.1, -0.05) is 6.07 Å². The van der Waals surface area contributed by atoms with Gasteiger partial charge in [-0.25, -0.2) is 0 Å². The molecule has 1 unspecified atom stereocenters. The van der Waals surface area contributed by atoms with E-state index in [1.165, 1.54) is 16.7 Å². The molecule has 0 bridgehead atoms. The molecule has 0 aliphatic carbocycles. The fraction of sp³-hybridized carbons (Fsp3) is 0.625. The van der Waals surface area contributed by atoms with Crippen molar-refractivity contribution in [3.05, 3.63) is 28.8 Å². The zero-order chi connectivity index (χ0) is 13.8. The van der Waals surface area contributed by atoms with Crippen molar-refractivity contribution in [2.45, 2.75) is 33.2 Å². The van der Waals surface area contributed by atoms with E-state index in [1.54, 1.807) is 7.11 Å². The number of nitrogens with one attached hydrogen (secondary N) is 1. The smallest absolute Gasteiger partial charge is 0.122 e. The molecule has 1 heterocycles. The molecule has 1 saturated heterocycles. The fourth-order valence-corrected chi connectivity index (χ4v) is 2.86. The zero-order valence-corrected chi connectivity index (χ0v) is 12.6. The second-order valence-corrected chi connectivity index (χ2v) is 5.52. The van der Waals surface area contributed by atoms with Gasteiger partial charge < -0.3 is 10.1 Å². The molecule has 3 heteroatoms. The van der Waals surface area contributed by atoms with Crippen LogP contribution in [-0.4, -0.2) is 44.2 Å². The van der Waals surface area contributed by atoms with Crippen LogP contribution in [0.1, 0.15) is 23.6 Å². The van der Waals surface area contributed by atoms with E-state index >= 15 is 0 Å². The molecule has 0 aromatic heterocycles. The molecule has 19 heavy (non-hydrogen) atoms. The standard InChI is InChI=1S/C16H26N2O/c1-12(18-9-7-17-8-10-18)11-15-5-6-16(19-4)14(3)13(15)2/h5-6,12,17H,7-11H2,1-4H3. The lowest BCUT2D eigenvalue weighted by atomic mass is 9.96. The first-order valence-corrected chi connectivity index (χ1v) is 7.21. The average Bonchev–Trinajstić information content (AvgIpc) is 2.45. The molecule has 106 valence electrons. The second kappa shape index (κ2) is 6.40. The summed E-state index contributed by atoms with van der Waals surface area (Å²) < 4.78 is 5.38. The molecule has 1 fully saturated rings. The van der Waals surface area contributed by atoms with Gasteiger partial charge in [0.2, 0.25) is 0 Å². The summed E-state index contributed by atoms with van der Waals surface area (Å²) in [5.74, 6) is 0.996. The van der Waals surface area contributed by atoms with Crippen molar-refractivity contribution < 1.29 is 4.74 Å². The van der Waals surface area contributed by atoms with Gasteiger partial charge in [-0.2, -0.15) is 0 Å². The first-order valence-electron chi connectivity index (χ1n) is 7.21. The molecule has 1 aliphatic rings. The third kappa shape index (κ3) is 3.28. The van der Waals surface area contributed by atoms with E-state index in [0.29, 0.717) is 6.04 Å². The molecule has 1 N–H and O–H groups in total. The van der Waals surface area contributed by atoms with Crippen molar-refractivity contribution in [2.24, 2.45) is 0 Å². The second-order valence-electron chi connectivity index (χ2n) is 5.52. The van der Waals surface area contributed by atoms with Crippen LogP contribution in [0.4, 0.5) is 0 Å². The lowest BCUT2D eigenvalue weighted by molar-refractivity contribution is 0.183. The lowest BCUT2D eigenvalue weighted by Crippen LogP contribution is -2.48. The Hall–Kier alpha value is -1.06. The number of benzene rings is 1. The number of methoxy groups -OCH3 is 1. The first-order chi connectivity index (χ1) is 9.13. The van der Waals surface area contributed by atoms with E-state index in [-0.39, 0.29) is 0 Å². The number of nitrogens with zero attached hydrogens (tertiary/aromatic N) is 1. The Kier molecular flexibility index (Phi) is 4.83. The summed E-state index contributed by atoms with van der Waals surface area (Å²) in [5.41, 5.74) is 4.10. The number of rotatable bonds is 4. The highest BCUT2D eigenvalue weighted by atomic mass is 16.5. The Morgan fingerprint density at radius 1 is 1.21 bits per heavy atom. The normalized spacial score (nSPS) is 18.3. The van der Waals surface area contributed by atoms with Gasteiger partial charge >= 0.3 is 0 Å². The van der Waals surface area contributed by atoms with Gasteiger partial charge in [-0.3, -0.25) is 4.90 Å². The summed E-state index contributed by atoms with van der Waals surface area (Å²) in [4.78, 5) is 2.58. The first kappa shape index (κ1) is 14.4. The summed E-state index contributed by atoms with van der Waals surface area (Å²) in [5, 5.41) is 3.41. The minimum atomic E-state index is 0.605. The SMILES string of the molecule is COc1ccc(CC(C)N2CCNCC2)c(C)c1C. The van der Waals surface area contributed by atoms with Crippen LogP contribution in [0.25, 0.3) is 0 Å². The van der Waals surface area contributed by atoms with Crippen LogP contribution in [0.2, 0.25) is 0 Å². The minimum absolute atomic E-state index is 0.605. The van der Waals surface area contributed by atoms with Crippen molar-refractivity contribution in [3.63, 3.8) is 0 Å². The quantitative estimate of drug-likeness (QED) is 0.900. The van der Waals surface area contributed by atoms with Crippen LogP contribution in [-0.2, 0) is 6.42 Å². The van der Waals surface area contributed by atoms with Crippen LogP contribution in [0.15, 0.2) is 12.1 Å². The van der Waals surface area contributed by atoms with E-state index in [0.717, 1.165) is 38.3 Å². The van der Waals surface area contributed by atoms with Gasteiger partial charge in [0.05, 0.1) is 7.11 Å². The molecule has 0 amide bonds. The van der Waals surface area contributed by atoms with Crippen molar-refractivity contribution >= 4 is 0 Å². The van der Waals surface area contributed by atoms with E-state index in [1.807, 2.05) is 0 Å². The molecule has 1 atom stereocenters. The zero-order valence-electron chi connectivity index (χ0n) is 12.6. The highest BCUT2D eigenvalue weighted by Crippen LogP contribution is 2.25. The molecule has 1 aromatic rings. The Balaban J connectivity index is 2.08. The van der Waals surface area contributed by atoms with E-state index in [4.69, 9.17) is 4.74 Å². The number of hydrogen-bond donors (Lipinski definition) is 1. The fourth-order valence-electron chi connectivity index (χ4n) is 2.86. The van der Waals surface area contributed by atoms with Crippen LogP contribution >= 0.6 is 0 Å². The Morgan fingerprint density at radius 2 is 1.89 bits per heavy atom. The van der Waals surface area contributed by atoms with Crippen molar-refractivity contribution in [2.75, 3.05) is 33.3 Å². The summed E-state index contributed by atoms with van der Waals surface area (Å²) in [7, 11) is 1.74. The van der Waals surface area contributed by atoms with Gasteiger partial charge in [0.15, 0.2) is 0 Å². The molecule has 0 spiro atoms. The third-order valence-corrected chi connectivity index (χ3v) is 4.36. The summed E-state index contributed by atoms with van der Waals surface area (Å²) in [6.45, 7) is 11.2. The number of piperazine rings is 1. The summed E-state index contributed by atoms with van der Waals surface area (Å²) >= 11 is 0. The monoisotopic (exact) mass is 262 g/mol. The van der Waals surface area contributed by atoms with Gasteiger partial charge in [0.1, 0.15) is 5.75 Å². The Morgan fingerprint density at radius 3 is 2.53 bits per heavy atom. The Bertz CT molecular complexity index is 425. The predicted octanol–water partition coefficient (Wildman–Crippen LogP) is 2.15. The van der Waals surface area contributed by atoms with Crippen LogP contribution < -0.4 is 10.1 Å². The van der Waals surface area contributed by atoms with E-state index in [2.05, 4.69) is 43.1 Å². The van der Waals surface area contributed by atoms with Crippen molar-refractivity contribution in [1.82, 2.24) is 10.2 Å². The molecular weight excluding hydrogens is 236 g/mol. The van der Waals surface area contributed by atoms with Gasteiger partial charge in [0, 0.05) is 32.2 Å². The predicted molar refractivity (Wildman–Crippen MR) is 80.1 cm³/mol. The lowest BCUT2D eigenvalue weighted by Gasteiger charge is -2.33. The van der Waals surface area contributed by atoms with E-state index in [9.17, 15) is 0 Å². The van der Waals surface area contributed by atoms with Gasteiger partial charge in [-0.15, -0.1) is 0 Å². The molecule has 1 aliphatic heterocycles. The van der Waals surface area contributed by atoms with Crippen LogP contribution in [0, 0.1) is 13.8 Å². The number of hydrogen-bond acceptors (Lipinski definition) is 3.